The first kappa shape index (κ1) is 20.1. The van der Waals surface area contributed by atoms with Crippen molar-refractivity contribution in [1.82, 2.24) is 9.78 Å². The highest BCUT2D eigenvalue weighted by molar-refractivity contribution is 8.13. The molecule has 0 aliphatic heterocycles. The Kier molecular flexibility index (Phi) is 6.95. The van der Waals surface area contributed by atoms with Gasteiger partial charge >= 0.3 is 5.69 Å². The molecule has 1 aromatic heterocycles. The van der Waals surface area contributed by atoms with Gasteiger partial charge in [-0.2, -0.15) is 10.2 Å². The minimum atomic E-state index is -0.512. The van der Waals surface area contributed by atoms with E-state index in [9.17, 15) is 10.1 Å². The van der Waals surface area contributed by atoms with E-state index in [1.807, 2.05) is 48.5 Å². The Morgan fingerprint density at radius 1 is 1.24 bits per heavy atom. The Balaban J connectivity index is 1.58. The molecule has 0 saturated carbocycles. The van der Waals surface area contributed by atoms with E-state index in [2.05, 4.69) is 15.3 Å². The lowest BCUT2D eigenvalue weighted by Crippen LogP contribution is -2.07. The predicted octanol–water partition coefficient (Wildman–Crippen LogP) is 3.41. The number of rotatable bonds is 8. The lowest BCUT2D eigenvalue weighted by Gasteiger charge is -2.08. The third-order valence-electron chi connectivity index (χ3n) is 3.68. The molecule has 0 amide bonds. The quantitative estimate of drug-likeness (QED) is 0.263. The van der Waals surface area contributed by atoms with Crippen LogP contribution in [0.3, 0.4) is 0 Å². The van der Waals surface area contributed by atoms with Crippen molar-refractivity contribution < 1.29 is 9.66 Å². The first-order chi connectivity index (χ1) is 14.1. The molecule has 3 rings (SSSR count). The Morgan fingerprint density at radius 2 is 2.00 bits per heavy atom. The fourth-order valence-electron chi connectivity index (χ4n) is 2.28. The summed E-state index contributed by atoms with van der Waals surface area (Å²) in [5, 5.41) is 23.0. The summed E-state index contributed by atoms with van der Waals surface area (Å²) in [6.45, 7) is 0.0248. The van der Waals surface area contributed by atoms with Crippen LogP contribution in [0, 0.1) is 10.1 Å². The van der Waals surface area contributed by atoms with E-state index in [1.165, 1.54) is 35.1 Å². The smallest absolute Gasteiger partial charge is 0.307 e. The van der Waals surface area contributed by atoms with E-state index in [-0.39, 0.29) is 12.4 Å². The number of thioether (sulfide) groups is 1. The summed E-state index contributed by atoms with van der Waals surface area (Å²) in [6.07, 6.45) is 4.00. The number of hydrogen-bond acceptors (Lipinski definition) is 7. The SMILES string of the molecule is NC(=NN=Cc1ccccc1OCn1cc([N+](=O)[O-])cn1)SCc1ccccc1. The van der Waals surface area contributed by atoms with Gasteiger partial charge in [0.2, 0.25) is 0 Å². The fraction of sp³-hybridized carbons (Fsp3) is 0.105. The molecule has 0 radical (unpaired) electrons. The topological polar surface area (TPSA) is 121 Å². The number of benzene rings is 2. The van der Waals surface area contributed by atoms with Gasteiger partial charge in [0.15, 0.2) is 11.9 Å². The largest absolute Gasteiger partial charge is 0.471 e. The standard InChI is InChI=1S/C19H18N6O3S/c20-19(29-13-15-6-2-1-3-7-15)23-21-10-16-8-4-5-9-18(16)28-14-24-12-17(11-22-24)25(26)27/h1-12H,13-14H2,(H2,20,23). The van der Waals surface area contributed by atoms with Gasteiger partial charge in [-0.05, 0) is 17.7 Å². The number of amidine groups is 1. The molecule has 0 spiro atoms. The molecule has 0 atom stereocenters. The summed E-state index contributed by atoms with van der Waals surface area (Å²) in [5.74, 6) is 1.25. The molecule has 0 saturated heterocycles. The lowest BCUT2D eigenvalue weighted by molar-refractivity contribution is -0.385. The van der Waals surface area contributed by atoms with Crippen LogP contribution in [0.2, 0.25) is 0 Å². The van der Waals surface area contributed by atoms with Crippen molar-refractivity contribution in [1.29, 1.82) is 0 Å². The van der Waals surface area contributed by atoms with Crippen LogP contribution in [-0.4, -0.2) is 26.1 Å². The number of hydrogen-bond donors (Lipinski definition) is 1. The molecule has 3 aromatic rings. The monoisotopic (exact) mass is 410 g/mol. The van der Waals surface area contributed by atoms with Crippen molar-refractivity contribution in [2.75, 3.05) is 0 Å². The molecule has 2 N–H and O–H groups in total. The molecular formula is C19H18N6O3S. The first-order valence-electron chi connectivity index (χ1n) is 8.54. The van der Waals surface area contributed by atoms with Gasteiger partial charge in [0.05, 0.1) is 11.1 Å². The number of nitrogens with zero attached hydrogens (tertiary/aromatic N) is 5. The molecule has 10 heteroatoms. The highest BCUT2D eigenvalue weighted by Crippen LogP contribution is 2.17. The van der Waals surface area contributed by atoms with E-state index >= 15 is 0 Å². The van der Waals surface area contributed by atoms with Gasteiger partial charge in [0.1, 0.15) is 18.1 Å². The maximum absolute atomic E-state index is 10.7. The van der Waals surface area contributed by atoms with Crippen molar-refractivity contribution in [2.45, 2.75) is 12.5 Å². The second-order valence-electron chi connectivity index (χ2n) is 5.76. The minimum Gasteiger partial charge on any atom is -0.471 e. The highest BCUT2D eigenvalue weighted by Gasteiger charge is 2.09. The molecule has 1 heterocycles. The van der Waals surface area contributed by atoms with Gasteiger partial charge in [-0.1, -0.05) is 54.2 Å². The number of nitrogens with two attached hydrogens (primary N) is 1. The average molecular weight is 410 g/mol. The lowest BCUT2D eigenvalue weighted by atomic mass is 10.2. The number of aromatic nitrogens is 2. The maximum Gasteiger partial charge on any atom is 0.307 e. The van der Waals surface area contributed by atoms with E-state index in [1.54, 1.807) is 6.07 Å². The average Bonchev–Trinajstić information content (AvgIpc) is 3.22. The molecule has 0 aliphatic carbocycles. The number of para-hydroxylation sites is 1. The summed E-state index contributed by atoms with van der Waals surface area (Å²) in [4.78, 5) is 10.2. The third-order valence-corrected chi connectivity index (χ3v) is 4.54. The van der Waals surface area contributed by atoms with Crippen LogP contribution in [0.25, 0.3) is 0 Å². The molecule has 148 valence electrons. The molecule has 29 heavy (non-hydrogen) atoms. The summed E-state index contributed by atoms with van der Waals surface area (Å²) < 4.78 is 7.02. The van der Waals surface area contributed by atoms with Gasteiger partial charge in [-0.15, -0.1) is 5.10 Å². The molecule has 2 aromatic carbocycles. The third kappa shape index (κ3) is 6.18. The normalized spacial score (nSPS) is 11.7. The second-order valence-corrected chi connectivity index (χ2v) is 6.76. The summed E-state index contributed by atoms with van der Waals surface area (Å²) in [5.41, 5.74) is 7.63. The molecular weight excluding hydrogens is 392 g/mol. The molecule has 0 fully saturated rings. The molecule has 0 aliphatic rings. The van der Waals surface area contributed by atoms with Crippen LogP contribution >= 0.6 is 11.8 Å². The van der Waals surface area contributed by atoms with Gasteiger partial charge in [-0.25, -0.2) is 4.68 Å². The van der Waals surface area contributed by atoms with Crippen LogP contribution in [0.5, 0.6) is 5.75 Å². The molecule has 0 unspecified atom stereocenters. The van der Waals surface area contributed by atoms with Gasteiger partial charge in [0.25, 0.3) is 0 Å². The van der Waals surface area contributed by atoms with Crippen molar-refractivity contribution in [3.8, 4) is 5.75 Å². The van der Waals surface area contributed by atoms with Gasteiger partial charge in [-0.3, -0.25) is 10.1 Å². The summed E-state index contributed by atoms with van der Waals surface area (Å²) in [6, 6.07) is 17.2. The molecule has 0 bridgehead atoms. The van der Waals surface area contributed by atoms with Crippen molar-refractivity contribution >= 4 is 28.8 Å². The van der Waals surface area contributed by atoms with Crippen LogP contribution < -0.4 is 10.5 Å². The van der Waals surface area contributed by atoms with Crippen LogP contribution in [-0.2, 0) is 12.5 Å². The van der Waals surface area contributed by atoms with E-state index in [0.29, 0.717) is 22.2 Å². The van der Waals surface area contributed by atoms with Crippen LogP contribution in [0.15, 0.2) is 77.2 Å². The van der Waals surface area contributed by atoms with Gasteiger partial charge < -0.3 is 10.5 Å². The van der Waals surface area contributed by atoms with E-state index in [0.717, 1.165) is 5.56 Å². The van der Waals surface area contributed by atoms with Crippen LogP contribution in [0.1, 0.15) is 11.1 Å². The fourth-order valence-corrected chi connectivity index (χ4v) is 2.89. The van der Waals surface area contributed by atoms with E-state index in [4.69, 9.17) is 10.5 Å². The Morgan fingerprint density at radius 3 is 2.76 bits per heavy atom. The highest BCUT2D eigenvalue weighted by atomic mass is 32.2. The number of ether oxygens (including phenoxy) is 1. The zero-order valence-corrected chi connectivity index (χ0v) is 16.1. The Bertz CT molecular complexity index is 1020. The Hall–Kier alpha value is -3.66. The summed E-state index contributed by atoms with van der Waals surface area (Å²) in [7, 11) is 0. The van der Waals surface area contributed by atoms with Crippen molar-refractivity contribution in [3.63, 3.8) is 0 Å². The van der Waals surface area contributed by atoms with E-state index < -0.39 is 4.92 Å². The van der Waals surface area contributed by atoms with Crippen molar-refractivity contribution in [2.24, 2.45) is 15.9 Å². The predicted molar refractivity (Wildman–Crippen MR) is 113 cm³/mol. The zero-order valence-electron chi connectivity index (χ0n) is 15.3. The molecule has 9 nitrogen and oxygen atoms in total. The Labute approximate surface area is 171 Å². The maximum atomic E-state index is 10.7. The van der Waals surface area contributed by atoms with Crippen LogP contribution in [0.4, 0.5) is 5.69 Å². The second kappa shape index (κ2) is 10.0. The summed E-state index contributed by atoms with van der Waals surface area (Å²) >= 11 is 1.40. The van der Waals surface area contributed by atoms with Crippen molar-refractivity contribution in [3.05, 3.63) is 88.2 Å². The number of nitro groups is 1. The minimum absolute atomic E-state index is 0.0248. The van der Waals surface area contributed by atoms with Gasteiger partial charge in [0, 0.05) is 11.3 Å². The zero-order chi connectivity index (χ0) is 20.5. The first-order valence-corrected chi connectivity index (χ1v) is 9.52.